The van der Waals surface area contributed by atoms with Crippen molar-refractivity contribution in [3.63, 3.8) is 0 Å². The molecule has 1 saturated heterocycles. The van der Waals surface area contributed by atoms with Gasteiger partial charge < -0.3 is 14.6 Å². The number of piperidine rings is 1. The maximum absolute atomic E-state index is 11.7. The number of H-pyrrole nitrogens is 1. The summed E-state index contributed by atoms with van der Waals surface area (Å²) in [6.07, 6.45) is 2.09. The van der Waals surface area contributed by atoms with Gasteiger partial charge in [-0.05, 0) is 19.8 Å². The molecule has 0 aliphatic carbocycles. The number of hydrogen-bond acceptors (Lipinski definition) is 4. The van der Waals surface area contributed by atoms with Crippen molar-refractivity contribution in [3.05, 3.63) is 22.2 Å². The molecule has 0 spiro atoms. The van der Waals surface area contributed by atoms with Crippen molar-refractivity contribution in [2.45, 2.75) is 45.1 Å². The molecule has 1 aliphatic heterocycles. The van der Waals surface area contributed by atoms with Gasteiger partial charge in [0.15, 0.2) is 0 Å². The minimum atomic E-state index is -0.152. The molecular formula is C14H23N3O2. The second-order valence-electron chi connectivity index (χ2n) is 5.82. The van der Waals surface area contributed by atoms with Crippen molar-refractivity contribution in [2.24, 2.45) is 0 Å². The molecule has 19 heavy (non-hydrogen) atoms. The van der Waals surface area contributed by atoms with Gasteiger partial charge in [0.05, 0.1) is 5.60 Å². The summed E-state index contributed by atoms with van der Waals surface area (Å²) >= 11 is 0. The van der Waals surface area contributed by atoms with Crippen LogP contribution in [0.5, 0.6) is 0 Å². The molecule has 1 aliphatic rings. The van der Waals surface area contributed by atoms with E-state index in [1.54, 1.807) is 13.2 Å². The van der Waals surface area contributed by atoms with Gasteiger partial charge in [0, 0.05) is 32.2 Å². The van der Waals surface area contributed by atoms with Crippen LogP contribution < -0.4 is 10.5 Å². The molecule has 2 heterocycles. The second-order valence-corrected chi connectivity index (χ2v) is 5.82. The van der Waals surface area contributed by atoms with E-state index in [-0.39, 0.29) is 17.1 Å². The Morgan fingerprint density at radius 3 is 2.89 bits per heavy atom. The van der Waals surface area contributed by atoms with Crippen LogP contribution in [0.3, 0.4) is 0 Å². The number of hydrogen-bond donors (Lipinski definition) is 1. The normalized spacial score (nSPS) is 23.9. The first kappa shape index (κ1) is 14.1. The van der Waals surface area contributed by atoms with Crippen molar-refractivity contribution < 1.29 is 4.74 Å². The summed E-state index contributed by atoms with van der Waals surface area (Å²) in [5, 5.41) is 0. The Kier molecular flexibility index (Phi) is 3.94. The zero-order valence-corrected chi connectivity index (χ0v) is 12.2. The number of aromatic nitrogens is 2. The van der Waals surface area contributed by atoms with Gasteiger partial charge in [0.1, 0.15) is 11.6 Å². The Bertz CT molecular complexity index is 498. The van der Waals surface area contributed by atoms with Crippen LogP contribution in [0.2, 0.25) is 0 Å². The van der Waals surface area contributed by atoms with E-state index in [4.69, 9.17) is 4.74 Å². The summed E-state index contributed by atoms with van der Waals surface area (Å²) in [6.45, 7) is 7.86. The van der Waals surface area contributed by atoms with E-state index in [0.29, 0.717) is 0 Å². The van der Waals surface area contributed by atoms with E-state index >= 15 is 0 Å². The highest BCUT2D eigenvalue weighted by Gasteiger charge is 2.31. The van der Waals surface area contributed by atoms with Gasteiger partial charge in [-0.3, -0.25) is 4.79 Å². The first-order valence-corrected chi connectivity index (χ1v) is 6.85. The molecule has 106 valence electrons. The predicted molar refractivity (Wildman–Crippen MR) is 75.8 cm³/mol. The van der Waals surface area contributed by atoms with Crippen molar-refractivity contribution in [3.8, 4) is 0 Å². The highest BCUT2D eigenvalue weighted by atomic mass is 16.5. The van der Waals surface area contributed by atoms with Gasteiger partial charge in [-0.2, -0.15) is 0 Å². The Balaban J connectivity index is 2.28. The van der Waals surface area contributed by atoms with Crippen LogP contribution in [-0.4, -0.2) is 35.8 Å². The van der Waals surface area contributed by atoms with Crippen LogP contribution in [0.15, 0.2) is 10.9 Å². The van der Waals surface area contributed by atoms with Crippen LogP contribution in [-0.2, 0) is 4.74 Å². The van der Waals surface area contributed by atoms with Gasteiger partial charge >= 0.3 is 0 Å². The molecule has 0 amide bonds. The smallest absolute Gasteiger partial charge is 0.252 e. The van der Waals surface area contributed by atoms with E-state index in [2.05, 4.69) is 21.8 Å². The lowest BCUT2D eigenvalue weighted by atomic mass is 9.95. The summed E-state index contributed by atoms with van der Waals surface area (Å²) in [5.41, 5.74) is -0.237. The van der Waals surface area contributed by atoms with Crippen LogP contribution in [0.4, 0.5) is 5.82 Å². The van der Waals surface area contributed by atoms with Crippen LogP contribution in [0.1, 0.15) is 45.4 Å². The summed E-state index contributed by atoms with van der Waals surface area (Å²) in [5.74, 6) is 1.72. The number of aromatic amines is 1. The quantitative estimate of drug-likeness (QED) is 0.907. The lowest BCUT2D eigenvalue weighted by Crippen LogP contribution is -2.48. The summed E-state index contributed by atoms with van der Waals surface area (Å²) in [7, 11) is 1.74. The third-order valence-electron chi connectivity index (χ3n) is 3.77. The SMILES string of the molecule is COC1(C)CCCN(c2cc(=O)[nH]c(C(C)C)n2)C1. The van der Waals surface area contributed by atoms with Gasteiger partial charge in [-0.25, -0.2) is 4.98 Å². The topological polar surface area (TPSA) is 58.2 Å². The molecular weight excluding hydrogens is 242 g/mol. The zero-order valence-electron chi connectivity index (χ0n) is 12.2. The van der Waals surface area contributed by atoms with E-state index < -0.39 is 0 Å². The van der Waals surface area contributed by atoms with Gasteiger partial charge in [-0.1, -0.05) is 13.8 Å². The van der Waals surface area contributed by atoms with E-state index in [0.717, 1.165) is 37.6 Å². The minimum Gasteiger partial charge on any atom is -0.377 e. The molecule has 1 unspecified atom stereocenters. The molecule has 0 aromatic carbocycles. The van der Waals surface area contributed by atoms with Crippen molar-refractivity contribution >= 4 is 5.82 Å². The molecule has 0 bridgehead atoms. The lowest BCUT2D eigenvalue weighted by molar-refractivity contribution is -0.00483. The summed E-state index contributed by atoms with van der Waals surface area (Å²) in [6, 6.07) is 1.58. The number of anilines is 1. The largest absolute Gasteiger partial charge is 0.377 e. The average Bonchev–Trinajstić information content (AvgIpc) is 2.38. The third kappa shape index (κ3) is 3.15. The maximum Gasteiger partial charge on any atom is 0.252 e. The minimum absolute atomic E-state index is 0.0848. The summed E-state index contributed by atoms with van der Waals surface area (Å²) < 4.78 is 5.58. The first-order valence-electron chi connectivity index (χ1n) is 6.85. The maximum atomic E-state index is 11.7. The molecule has 0 radical (unpaired) electrons. The zero-order chi connectivity index (χ0) is 14.0. The van der Waals surface area contributed by atoms with Crippen molar-refractivity contribution in [1.29, 1.82) is 0 Å². The Hall–Kier alpha value is -1.36. The highest BCUT2D eigenvalue weighted by molar-refractivity contribution is 5.39. The predicted octanol–water partition coefficient (Wildman–Crippen LogP) is 1.90. The van der Waals surface area contributed by atoms with Crippen LogP contribution >= 0.6 is 0 Å². The Morgan fingerprint density at radius 2 is 2.26 bits per heavy atom. The molecule has 1 aromatic rings. The molecule has 1 fully saturated rings. The molecule has 5 nitrogen and oxygen atoms in total. The number of ether oxygens (including phenoxy) is 1. The fraction of sp³-hybridized carbons (Fsp3) is 0.714. The van der Waals surface area contributed by atoms with Crippen LogP contribution in [0.25, 0.3) is 0 Å². The number of nitrogens with one attached hydrogen (secondary N) is 1. The van der Waals surface area contributed by atoms with Crippen molar-refractivity contribution in [2.75, 3.05) is 25.1 Å². The Labute approximate surface area is 114 Å². The van der Waals surface area contributed by atoms with Gasteiger partial charge in [0.25, 0.3) is 5.56 Å². The highest BCUT2D eigenvalue weighted by Crippen LogP contribution is 2.26. The molecule has 2 rings (SSSR count). The Morgan fingerprint density at radius 1 is 1.53 bits per heavy atom. The lowest BCUT2D eigenvalue weighted by Gasteiger charge is -2.40. The molecule has 5 heteroatoms. The second kappa shape index (κ2) is 5.33. The third-order valence-corrected chi connectivity index (χ3v) is 3.77. The number of rotatable bonds is 3. The standard InChI is InChI=1S/C14H23N3O2/c1-10(2)13-15-11(8-12(18)16-13)17-7-5-6-14(3,9-17)19-4/h8,10H,5-7,9H2,1-4H3,(H,15,16,18). The molecule has 0 saturated carbocycles. The molecule has 1 aromatic heterocycles. The summed E-state index contributed by atoms with van der Waals surface area (Å²) in [4.78, 5) is 21.3. The fourth-order valence-corrected chi connectivity index (χ4v) is 2.47. The first-order chi connectivity index (χ1) is 8.93. The van der Waals surface area contributed by atoms with Crippen molar-refractivity contribution in [1.82, 2.24) is 9.97 Å². The van der Waals surface area contributed by atoms with E-state index in [1.807, 2.05) is 13.8 Å². The molecule has 1 N–H and O–H groups in total. The molecule has 1 atom stereocenters. The van der Waals surface area contributed by atoms with E-state index in [1.165, 1.54) is 0 Å². The van der Waals surface area contributed by atoms with E-state index in [9.17, 15) is 4.79 Å². The van der Waals surface area contributed by atoms with Gasteiger partial charge in [0.2, 0.25) is 0 Å². The fourth-order valence-electron chi connectivity index (χ4n) is 2.47. The van der Waals surface area contributed by atoms with Crippen LogP contribution in [0, 0.1) is 0 Å². The number of nitrogens with zero attached hydrogens (tertiary/aromatic N) is 2. The number of methoxy groups -OCH3 is 1. The van der Waals surface area contributed by atoms with Gasteiger partial charge in [-0.15, -0.1) is 0 Å². The monoisotopic (exact) mass is 265 g/mol. The average molecular weight is 265 g/mol.